The first-order valence-electron chi connectivity index (χ1n) is 12.3. The van der Waals surface area contributed by atoms with E-state index in [1.54, 1.807) is 32.4 Å². The lowest BCUT2D eigenvalue weighted by Gasteiger charge is -2.38. The smallest absolute Gasteiger partial charge is 0.329 e. The Balaban J connectivity index is 1.92. The summed E-state index contributed by atoms with van der Waals surface area (Å²) in [5.74, 6) is -0.648. The lowest BCUT2D eigenvalue weighted by Crippen LogP contribution is -2.54. The summed E-state index contributed by atoms with van der Waals surface area (Å²) in [4.78, 5) is 37.9. The van der Waals surface area contributed by atoms with Crippen LogP contribution in [0, 0.1) is 12.8 Å². The van der Waals surface area contributed by atoms with Crippen LogP contribution in [0.5, 0.6) is 5.75 Å². The van der Waals surface area contributed by atoms with Crippen LogP contribution in [0.1, 0.15) is 92.1 Å². The third kappa shape index (κ3) is 4.86. The van der Waals surface area contributed by atoms with Gasteiger partial charge in [0.25, 0.3) is 5.91 Å². The Hall–Kier alpha value is -3.27. The minimum absolute atomic E-state index is 0.00400. The largest absolute Gasteiger partial charge is 0.496 e. The van der Waals surface area contributed by atoms with E-state index < -0.39 is 29.4 Å². The van der Waals surface area contributed by atoms with Gasteiger partial charge in [0, 0.05) is 17.1 Å². The number of nitrogens with zero attached hydrogens (tertiary/aromatic N) is 4. The average molecular weight is 527 g/mol. The maximum atomic E-state index is 14.4. The van der Waals surface area contributed by atoms with E-state index in [1.807, 2.05) is 25.3 Å². The molecule has 0 radical (unpaired) electrons. The second kappa shape index (κ2) is 9.89. The van der Waals surface area contributed by atoms with Gasteiger partial charge in [0.2, 0.25) is 5.89 Å². The molecule has 1 aliphatic rings. The summed E-state index contributed by atoms with van der Waals surface area (Å²) in [6, 6.07) is 4.64. The van der Waals surface area contributed by atoms with Crippen molar-refractivity contribution in [3.63, 3.8) is 0 Å². The molecule has 10 heteroatoms. The number of methoxy groups -OCH3 is 1. The van der Waals surface area contributed by atoms with Crippen LogP contribution in [-0.4, -0.2) is 49.7 Å². The topological polar surface area (TPSA) is 119 Å². The van der Waals surface area contributed by atoms with Gasteiger partial charge < -0.3 is 19.3 Å². The Kier molecular flexibility index (Phi) is 7.16. The lowest BCUT2D eigenvalue weighted by atomic mass is 9.83. The number of aromatic nitrogens is 3. The highest BCUT2D eigenvalue weighted by Crippen LogP contribution is 2.54. The molecule has 0 aliphatic carbocycles. The van der Waals surface area contributed by atoms with Crippen LogP contribution in [0.25, 0.3) is 0 Å². The van der Waals surface area contributed by atoms with Gasteiger partial charge in [-0.15, -0.1) is 11.3 Å². The Morgan fingerprint density at radius 2 is 2.05 bits per heavy atom. The summed E-state index contributed by atoms with van der Waals surface area (Å²) in [7, 11) is 1.57. The second-order valence-electron chi connectivity index (χ2n) is 11.1. The van der Waals surface area contributed by atoms with Gasteiger partial charge >= 0.3 is 5.97 Å². The minimum atomic E-state index is -1.50. The standard InChI is InChI=1S/C27H34N4O5S/c1-15(2)13-27(25(33)34)14-18(22-29-16(3)30-36-22)21(23-28-10-11-37-23)31(27)24(32)17-8-9-19(26(4,5)6)20(12-17)35-7/h8-12,15,18,21H,13-14H2,1-7H3,(H,33,34)/t18-,21+,27-/m0/s1. The molecule has 1 saturated heterocycles. The number of carboxylic acids is 1. The van der Waals surface area contributed by atoms with Gasteiger partial charge in [0.15, 0.2) is 5.82 Å². The second-order valence-corrected chi connectivity index (χ2v) is 12.0. The predicted molar refractivity (Wildman–Crippen MR) is 139 cm³/mol. The van der Waals surface area contributed by atoms with E-state index in [0.29, 0.717) is 28.0 Å². The van der Waals surface area contributed by atoms with Gasteiger partial charge in [-0.2, -0.15) is 4.98 Å². The SMILES string of the molecule is COc1cc(C(=O)N2[C@@H](c3nccs3)[C@@H](c3nc(C)no3)C[C@@]2(CC(C)C)C(=O)O)ccc1C(C)(C)C. The molecule has 1 aliphatic heterocycles. The highest BCUT2D eigenvalue weighted by molar-refractivity contribution is 7.09. The zero-order valence-electron chi connectivity index (χ0n) is 22.3. The number of hydrogen-bond acceptors (Lipinski definition) is 8. The van der Waals surface area contributed by atoms with Crippen LogP contribution in [0.4, 0.5) is 0 Å². The molecule has 198 valence electrons. The van der Waals surface area contributed by atoms with Gasteiger partial charge in [-0.25, -0.2) is 9.78 Å². The third-order valence-corrected chi connectivity index (χ3v) is 7.71. The van der Waals surface area contributed by atoms with E-state index >= 15 is 0 Å². The van der Waals surface area contributed by atoms with Crippen molar-refractivity contribution in [2.45, 2.75) is 77.3 Å². The molecule has 0 saturated carbocycles. The van der Waals surface area contributed by atoms with Crippen LogP contribution in [0.3, 0.4) is 0 Å². The Morgan fingerprint density at radius 3 is 2.57 bits per heavy atom. The summed E-state index contributed by atoms with van der Waals surface area (Å²) in [6.45, 7) is 11.8. The molecule has 3 heterocycles. The van der Waals surface area contributed by atoms with Crippen LogP contribution in [-0.2, 0) is 10.2 Å². The van der Waals surface area contributed by atoms with Crippen molar-refractivity contribution < 1.29 is 24.0 Å². The molecular weight excluding hydrogens is 492 g/mol. The average Bonchev–Trinajstić information content (AvgIpc) is 3.56. The van der Waals surface area contributed by atoms with Crippen molar-refractivity contribution in [3.05, 3.63) is 57.6 Å². The van der Waals surface area contributed by atoms with E-state index in [9.17, 15) is 14.7 Å². The molecular formula is C27H34N4O5S. The molecule has 1 amide bonds. The first kappa shape index (κ1) is 26.8. The Labute approximate surface area is 220 Å². The Morgan fingerprint density at radius 1 is 1.32 bits per heavy atom. The van der Waals surface area contributed by atoms with Crippen LogP contribution >= 0.6 is 11.3 Å². The Bertz CT molecular complexity index is 1280. The van der Waals surface area contributed by atoms with Crippen molar-refractivity contribution in [2.75, 3.05) is 7.11 Å². The molecule has 0 spiro atoms. The highest BCUT2D eigenvalue weighted by atomic mass is 32.1. The number of hydrogen-bond donors (Lipinski definition) is 1. The van der Waals surface area contributed by atoms with E-state index in [2.05, 4.69) is 35.9 Å². The fourth-order valence-electron chi connectivity index (χ4n) is 5.41. The molecule has 3 aromatic rings. The molecule has 1 fully saturated rings. The maximum Gasteiger partial charge on any atom is 0.329 e. The lowest BCUT2D eigenvalue weighted by molar-refractivity contribution is -0.150. The summed E-state index contributed by atoms with van der Waals surface area (Å²) >= 11 is 1.37. The molecule has 37 heavy (non-hydrogen) atoms. The van der Waals surface area contributed by atoms with Crippen LogP contribution in [0.2, 0.25) is 0 Å². The number of carbonyl (C=O) groups excluding carboxylic acids is 1. The monoisotopic (exact) mass is 526 g/mol. The number of carboxylic acid groups (broad SMARTS) is 1. The molecule has 9 nitrogen and oxygen atoms in total. The quantitative estimate of drug-likeness (QED) is 0.436. The molecule has 1 aromatic carbocycles. The number of likely N-dealkylation sites (tertiary alicyclic amines) is 1. The van der Waals surface area contributed by atoms with Gasteiger partial charge in [-0.3, -0.25) is 4.79 Å². The fraction of sp³-hybridized carbons (Fsp3) is 0.519. The minimum Gasteiger partial charge on any atom is -0.496 e. The number of aliphatic carboxylic acids is 1. The molecule has 1 N–H and O–H groups in total. The summed E-state index contributed by atoms with van der Waals surface area (Å²) in [5, 5.41) is 17.1. The zero-order valence-corrected chi connectivity index (χ0v) is 23.1. The van der Waals surface area contributed by atoms with Crippen molar-refractivity contribution in [1.29, 1.82) is 0 Å². The molecule has 0 unspecified atom stereocenters. The van der Waals surface area contributed by atoms with Gasteiger partial charge in [-0.1, -0.05) is 45.8 Å². The van der Waals surface area contributed by atoms with Gasteiger partial charge in [-0.05, 0) is 48.8 Å². The van der Waals surface area contributed by atoms with Gasteiger partial charge in [0.05, 0.1) is 19.1 Å². The third-order valence-electron chi connectivity index (χ3n) is 6.86. The number of thiazole rings is 1. The first-order valence-corrected chi connectivity index (χ1v) is 13.2. The summed E-state index contributed by atoms with van der Waals surface area (Å²) < 4.78 is 11.2. The zero-order chi connectivity index (χ0) is 27.1. The normalized spacial score (nSPS) is 22.0. The fourth-order valence-corrected chi connectivity index (χ4v) is 6.20. The number of amides is 1. The highest BCUT2D eigenvalue weighted by Gasteiger charge is 2.61. The first-order chi connectivity index (χ1) is 17.4. The number of ether oxygens (including phenoxy) is 1. The summed E-state index contributed by atoms with van der Waals surface area (Å²) in [6.07, 6.45) is 2.05. The van der Waals surface area contributed by atoms with E-state index in [4.69, 9.17) is 9.26 Å². The van der Waals surface area contributed by atoms with Crippen LogP contribution in [0.15, 0.2) is 34.3 Å². The van der Waals surface area contributed by atoms with Gasteiger partial charge in [0.1, 0.15) is 16.3 Å². The predicted octanol–water partition coefficient (Wildman–Crippen LogP) is 5.38. The summed E-state index contributed by atoms with van der Waals surface area (Å²) in [5.41, 5.74) is -0.392. The van der Waals surface area contributed by atoms with Crippen molar-refractivity contribution in [2.24, 2.45) is 5.92 Å². The molecule has 0 bridgehead atoms. The van der Waals surface area contributed by atoms with Crippen molar-refractivity contribution >= 4 is 23.2 Å². The maximum absolute atomic E-state index is 14.4. The number of carbonyl (C=O) groups is 2. The molecule has 4 rings (SSSR count). The number of aryl methyl sites for hydroxylation is 1. The van der Waals surface area contributed by atoms with Crippen molar-refractivity contribution in [1.82, 2.24) is 20.0 Å². The van der Waals surface area contributed by atoms with E-state index in [0.717, 1.165) is 5.56 Å². The van der Waals surface area contributed by atoms with E-state index in [1.165, 1.54) is 16.2 Å². The number of benzene rings is 1. The molecule has 2 aromatic heterocycles. The molecule has 3 atom stereocenters. The van der Waals surface area contributed by atoms with Crippen LogP contribution < -0.4 is 4.74 Å². The van der Waals surface area contributed by atoms with E-state index in [-0.39, 0.29) is 24.2 Å². The van der Waals surface area contributed by atoms with Crippen molar-refractivity contribution in [3.8, 4) is 5.75 Å². The number of rotatable bonds is 7.